The molecule has 1 aromatic carbocycles. The molecule has 1 N–H and O–H groups in total. The van der Waals surface area contributed by atoms with Gasteiger partial charge in [-0.25, -0.2) is 8.42 Å². The zero-order valence-electron chi connectivity index (χ0n) is 13.6. The number of aromatic nitrogens is 1. The number of hydrogen-bond acceptors (Lipinski definition) is 4. The molecule has 7 heteroatoms. The number of hydrogen-bond donors (Lipinski definition) is 1. The van der Waals surface area contributed by atoms with Gasteiger partial charge < -0.3 is 5.32 Å². The highest BCUT2D eigenvalue weighted by molar-refractivity contribution is 7.89. The Balaban J connectivity index is 1.64. The average molecular weight is 357 g/mol. The highest BCUT2D eigenvalue weighted by Crippen LogP contribution is 2.22. The Labute approximate surface area is 147 Å². The molecule has 6 nitrogen and oxygen atoms in total. The van der Waals surface area contributed by atoms with Crippen LogP contribution in [0.25, 0.3) is 6.08 Å². The zero-order valence-corrected chi connectivity index (χ0v) is 14.4. The normalized spacial score (nSPS) is 15.5. The first kappa shape index (κ1) is 17.3. The molecule has 1 amide bonds. The third kappa shape index (κ3) is 4.32. The number of carbonyl (C=O) groups excluding carboxylic acids is 1. The molecule has 0 bridgehead atoms. The third-order valence-electron chi connectivity index (χ3n) is 3.92. The summed E-state index contributed by atoms with van der Waals surface area (Å²) in [6.07, 6.45) is 6.45. The molecule has 1 aromatic heterocycles. The summed E-state index contributed by atoms with van der Waals surface area (Å²) in [5, 5.41) is 2.70. The van der Waals surface area contributed by atoms with E-state index in [2.05, 4.69) is 10.3 Å². The second-order valence-corrected chi connectivity index (χ2v) is 7.65. The smallest absolute Gasteiger partial charge is 0.248 e. The van der Waals surface area contributed by atoms with Crippen LogP contribution in [0, 0.1) is 0 Å². The van der Waals surface area contributed by atoms with Gasteiger partial charge in [0.2, 0.25) is 15.9 Å². The third-order valence-corrected chi connectivity index (χ3v) is 5.83. The van der Waals surface area contributed by atoms with E-state index in [1.165, 1.54) is 22.5 Å². The number of nitrogens with zero attached hydrogens (tertiary/aromatic N) is 2. The second kappa shape index (κ2) is 7.58. The number of pyridine rings is 1. The summed E-state index contributed by atoms with van der Waals surface area (Å²) in [6.45, 7) is 1.14. The van der Waals surface area contributed by atoms with Gasteiger partial charge in [-0.15, -0.1) is 0 Å². The number of nitrogens with one attached hydrogen (secondary N) is 1. The highest BCUT2D eigenvalue weighted by atomic mass is 32.2. The lowest BCUT2D eigenvalue weighted by Gasteiger charge is -2.15. The fraction of sp³-hybridized carbons (Fsp3) is 0.222. The predicted molar refractivity (Wildman–Crippen MR) is 96.3 cm³/mol. The Morgan fingerprint density at radius 3 is 2.44 bits per heavy atom. The van der Waals surface area contributed by atoms with Gasteiger partial charge in [0.15, 0.2) is 0 Å². The van der Waals surface area contributed by atoms with E-state index in [-0.39, 0.29) is 10.8 Å². The van der Waals surface area contributed by atoms with Crippen LogP contribution in [0.2, 0.25) is 0 Å². The van der Waals surface area contributed by atoms with Crippen LogP contribution in [-0.4, -0.2) is 36.7 Å². The molecule has 1 aliphatic heterocycles. The predicted octanol–water partition coefficient (Wildman–Crippen LogP) is 2.52. The molecule has 0 atom stereocenters. The molecule has 1 fully saturated rings. The van der Waals surface area contributed by atoms with Gasteiger partial charge in [0.1, 0.15) is 0 Å². The van der Waals surface area contributed by atoms with Crippen LogP contribution in [0.4, 0.5) is 5.69 Å². The van der Waals surface area contributed by atoms with Crippen molar-refractivity contribution in [2.75, 3.05) is 18.4 Å². The van der Waals surface area contributed by atoms with Crippen molar-refractivity contribution >= 4 is 27.7 Å². The first-order valence-corrected chi connectivity index (χ1v) is 9.50. The van der Waals surface area contributed by atoms with Crippen LogP contribution < -0.4 is 5.32 Å². The topological polar surface area (TPSA) is 79.4 Å². The number of anilines is 1. The average Bonchev–Trinajstić information content (AvgIpc) is 3.17. The van der Waals surface area contributed by atoms with Gasteiger partial charge in [-0.05, 0) is 55.3 Å². The van der Waals surface area contributed by atoms with E-state index < -0.39 is 10.0 Å². The molecule has 130 valence electrons. The summed E-state index contributed by atoms with van der Waals surface area (Å²) in [5.41, 5.74) is 1.22. The summed E-state index contributed by atoms with van der Waals surface area (Å²) in [7, 11) is -3.43. The maximum atomic E-state index is 12.4. The molecule has 0 saturated carbocycles. The summed E-state index contributed by atoms with van der Waals surface area (Å²) in [4.78, 5) is 16.3. The minimum atomic E-state index is -3.43. The van der Waals surface area contributed by atoms with Crippen molar-refractivity contribution in [3.05, 3.63) is 60.4 Å². The Kier molecular flexibility index (Phi) is 5.25. The standard InChI is InChI=1S/C18H19N3O3S/c22-18(11-8-15-5-1-2-12-19-15)20-16-6-9-17(10-7-16)25(23,24)21-13-3-4-14-21/h1-2,5-12H,3-4,13-14H2,(H,20,22). The van der Waals surface area contributed by atoms with Crippen molar-refractivity contribution in [2.45, 2.75) is 17.7 Å². The number of benzene rings is 1. The van der Waals surface area contributed by atoms with Gasteiger partial charge >= 0.3 is 0 Å². The lowest BCUT2D eigenvalue weighted by molar-refractivity contribution is -0.111. The van der Waals surface area contributed by atoms with Gasteiger partial charge in [0.05, 0.1) is 10.6 Å². The van der Waals surface area contributed by atoms with Gasteiger partial charge in [0, 0.05) is 31.0 Å². The minimum Gasteiger partial charge on any atom is -0.323 e. The quantitative estimate of drug-likeness (QED) is 0.834. The van der Waals surface area contributed by atoms with Crippen molar-refractivity contribution in [1.29, 1.82) is 0 Å². The Hall–Kier alpha value is -2.51. The van der Waals surface area contributed by atoms with Crippen molar-refractivity contribution < 1.29 is 13.2 Å². The van der Waals surface area contributed by atoms with Crippen LogP contribution in [0.5, 0.6) is 0 Å². The SMILES string of the molecule is O=C(C=Cc1ccccn1)Nc1ccc(S(=O)(=O)N2CCCC2)cc1. The van der Waals surface area contributed by atoms with Crippen molar-refractivity contribution in [3.63, 3.8) is 0 Å². The summed E-state index contributed by atoms with van der Waals surface area (Å²) < 4.78 is 26.4. The molecule has 2 heterocycles. The lowest BCUT2D eigenvalue weighted by atomic mass is 10.3. The van der Waals surface area contributed by atoms with E-state index >= 15 is 0 Å². The molecule has 1 saturated heterocycles. The molecule has 1 aliphatic rings. The Morgan fingerprint density at radius 1 is 1.08 bits per heavy atom. The van der Waals surface area contributed by atoms with E-state index in [0.29, 0.717) is 24.5 Å². The highest BCUT2D eigenvalue weighted by Gasteiger charge is 2.26. The van der Waals surface area contributed by atoms with E-state index in [4.69, 9.17) is 0 Å². The number of sulfonamides is 1. The van der Waals surface area contributed by atoms with Crippen molar-refractivity contribution in [1.82, 2.24) is 9.29 Å². The molecule has 3 rings (SSSR count). The minimum absolute atomic E-state index is 0.247. The van der Waals surface area contributed by atoms with E-state index in [0.717, 1.165) is 12.8 Å². The zero-order chi connectivity index (χ0) is 17.7. The molecular weight excluding hydrogens is 338 g/mol. The van der Waals surface area contributed by atoms with Crippen molar-refractivity contribution in [2.24, 2.45) is 0 Å². The molecule has 25 heavy (non-hydrogen) atoms. The number of rotatable bonds is 5. The summed E-state index contributed by atoms with van der Waals surface area (Å²) >= 11 is 0. The fourth-order valence-corrected chi connectivity index (χ4v) is 4.12. The van der Waals surface area contributed by atoms with Crippen LogP contribution in [-0.2, 0) is 14.8 Å². The summed E-state index contributed by atoms with van der Waals surface area (Å²) in [5.74, 6) is -0.305. The van der Waals surface area contributed by atoms with Gasteiger partial charge in [-0.3, -0.25) is 9.78 Å². The monoisotopic (exact) mass is 357 g/mol. The number of carbonyl (C=O) groups is 1. The molecule has 0 radical (unpaired) electrons. The van der Waals surface area contributed by atoms with E-state index in [9.17, 15) is 13.2 Å². The Morgan fingerprint density at radius 2 is 1.80 bits per heavy atom. The summed E-state index contributed by atoms with van der Waals surface area (Å²) in [6, 6.07) is 11.7. The molecule has 2 aromatic rings. The van der Waals surface area contributed by atoms with Gasteiger partial charge in [-0.2, -0.15) is 4.31 Å². The molecule has 0 unspecified atom stereocenters. The molecular formula is C18H19N3O3S. The van der Waals surface area contributed by atoms with Crippen LogP contribution in [0.1, 0.15) is 18.5 Å². The van der Waals surface area contributed by atoms with Crippen LogP contribution in [0.15, 0.2) is 59.6 Å². The van der Waals surface area contributed by atoms with Crippen LogP contribution in [0.3, 0.4) is 0 Å². The maximum absolute atomic E-state index is 12.4. The maximum Gasteiger partial charge on any atom is 0.248 e. The van der Waals surface area contributed by atoms with E-state index in [1.54, 1.807) is 36.5 Å². The fourth-order valence-electron chi connectivity index (χ4n) is 2.61. The number of amides is 1. The first-order valence-electron chi connectivity index (χ1n) is 8.06. The second-order valence-electron chi connectivity index (χ2n) is 5.71. The Bertz CT molecular complexity index is 856. The van der Waals surface area contributed by atoms with Crippen molar-refractivity contribution in [3.8, 4) is 0 Å². The molecule has 0 spiro atoms. The molecule has 0 aliphatic carbocycles. The lowest BCUT2D eigenvalue weighted by Crippen LogP contribution is -2.27. The van der Waals surface area contributed by atoms with Gasteiger partial charge in [0.25, 0.3) is 0 Å². The van der Waals surface area contributed by atoms with Gasteiger partial charge in [-0.1, -0.05) is 6.07 Å². The largest absolute Gasteiger partial charge is 0.323 e. The first-order chi connectivity index (χ1) is 12.1. The van der Waals surface area contributed by atoms with Crippen LogP contribution >= 0.6 is 0 Å². The van der Waals surface area contributed by atoms with E-state index in [1.807, 2.05) is 6.07 Å².